The second-order valence-electron chi connectivity index (χ2n) is 5.70. The number of hydrogen-bond acceptors (Lipinski definition) is 3. The van der Waals surface area contributed by atoms with Gasteiger partial charge >= 0.3 is 0 Å². The van der Waals surface area contributed by atoms with Crippen LogP contribution in [0.3, 0.4) is 0 Å². The highest BCUT2D eigenvalue weighted by atomic mass is 35.5. The first-order chi connectivity index (χ1) is 11.0. The van der Waals surface area contributed by atoms with Crippen molar-refractivity contribution in [1.82, 2.24) is 9.80 Å². The normalized spacial score (nSPS) is 10.8. The van der Waals surface area contributed by atoms with Gasteiger partial charge in [-0.25, -0.2) is 0 Å². The monoisotopic (exact) mass is 367 g/mol. The van der Waals surface area contributed by atoms with E-state index in [0.717, 1.165) is 41.0 Å². The second kappa shape index (κ2) is 8.64. The minimum atomic E-state index is 0.738. The largest absolute Gasteiger partial charge is 0.343 e. The molecule has 0 aliphatic carbocycles. The molecular weight excluding hydrogens is 346 g/mol. The molecule has 0 amide bonds. The fourth-order valence-electron chi connectivity index (χ4n) is 2.09. The zero-order valence-electron chi connectivity index (χ0n) is 13.7. The topological polar surface area (TPSA) is 18.5 Å². The first-order valence-electron chi connectivity index (χ1n) is 7.45. The molecule has 0 saturated heterocycles. The van der Waals surface area contributed by atoms with Crippen molar-refractivity contribution in [1.29, 1.82) is 0 Å². The summed E-state index contributed by atoms with van der Waals surface area (Å²) in [5.74, 6) is 0. The van der Waals surface area contributed by atoms with Crippen molar-refractivity contribution in [3.8, 4) is 0 Å². The van der Waals surface area contributed by atoms with Gasteiger partial charge in [-0.05, 0) is 68.4 Å². The van der Waals surface area contributed by atoms with Crippen LogP contribution >= 0.6 is 35.2 Å². The predicted molar refractivity (Wildman–Crippen MR) is 106 cm³/mol. The van der Waals surface area contributed by atoms with Crippen LogP contribution in [0.2, 0.25) is 5.02 Å². The molecule has 1 aromatic heterocycles. The summed E-state index contributed by atoms with van der Waals surface area (Å²) in [6.07, 6.45) is 0. The molecule has 23 heavy (non-hydrogen) atoms. The van der Waals surface area contributed by atoms with E-state index in [0.29, 0.717) is 0 Å². The van der Waals surface area contributed by atoms with Crippen LogP contribution < -0.4 is 5.32 Å². The van der Waals surface area contributed by atoms with Crippen molar-refractivity contribution in [2.24, 2.45) is 0 Å². The summed E-state index contributed by atoms with van der Waals surface area (Å²) in [6.45, 7) is 4.64. The van der Waals surface area contributed by atoms with Crippen molar-refractivity contribution >= 4 is 46.0 Å². The van der Waals surface area contributed by atoms with Gasteiger partial charge in [-0.3, -0.25) is 0 Å². The number of rotatable bonds is 6. The lowest BCUT2D eigenvalue weighted by Gasteiger charge is -2.27. The molecule has 124 valence electrons. The number of thiocarbonyl (C=S) groups is 1. The number of anilines is 1. The van der Waals surface area contributed by atoms with Gasteiger partial charge in [0.1, 0.15) is 0 Å². The van der Waals surface area contributed by atoms with Crippen LogP contribution in [0.5, 0.6) is 0 Å². The van der Waals surface area contributed by atoms with Crippen molar-refractivity contribution in [3.63, 3.8) is 0 Å². The van der Waals surface area contributed by atoms with E-state index >= 15 is 0 Å². The molecule has 2 rings (SSSR count). The molecule has 0 aliphatic rings. The van der Waals surface area contributed by atoms with Crippen LogP contribution in [0.4, 0.5) is 5.69 Å². The Morgan fingerprint density at radius 2 is 2.04 bits per heavy atom. The minimum Gasteiger partial charge on any atom is -0.343 e. The fraction of sp³-hybridized carbons (Fsp3) is 0.353. The maximum atomic E-state index is 6.08. The number of thiophene rings is 1. The highest BCUT2D eigenvalue weighted by Gasteiger charge is 2.12. The van der Waals surface area contributed by atoms with E-state index in [1.165, 1.54) is 4.88 Å². The molecule has 1 N–H and O–H groups in total. The Labute approximate surface area is 152 Å². The second-order valence-corrected chi connectivity index (χ2v) is 7.52. The summed E-state index contributed by atoms with van der Waals surface area (Å²) in [5.41, 5.74) is 2.01. The third kappa shape index (κ3) is 5.77. The summed E-state index contributed by atoms with van der Waals surface area (Å²) in [4.78, 5) is 5.67. The van der Waals surface area contributed by atoms with E-state index in [-0.39, 0.29) is 0 Å². The number of nitrogens with one attached hydrogen (secondary N) is 1. The van der Waals surface area contributed by atoms with Crippen LogP contribution in [0.1, 0.15) is 10.4 Å². The van der Waals surface area contributed by atoms with E-state index in [9.17, 15) is 0 Å². The molecular formula is C17H22ClN3S2. The zero-order chi connectivity index (χ0) is 16.8. The molecule has 0 spiro atoms. The molecule has 2 aromatic rings. The van der Waals surface area contributed by atoms with Crippen molar-refractivity contribution in [3.05, 3.63) is 51.2 Å². The Morgan fingerprint density at radius 1 is 1.26 bits per heavy atom. The van der Waals surface area contributed by atoms with Gasteiger partial charge < -0.3 is 15.1 Å². The summed E-state index contributed by atoms with van der Waals surface area (Å²) < 4.78 is 0. The van der Waals surface area contributed by atoms with Gasteiger partial charge in [0.15, 0.2) is 5.11 Å². The molecule has 0 unspecified atom stereocenters. The number of benzene rings is 1. The SMILES string of the molecule is Cc1cc(NC(=S)N(CCN(C)C)Cc2cccs2)ccc1Cl. The van der Waals surface area contributed by atoms with Gasteiger partial charge in [0, 0.05) is 28.7 Å². The molecule has 0 saturated carbocycles. The van der Waals surface area contributed by atoms with E-state index in [1.807, 2.05) is 25.1 Å². The lowest BCUT2D eigenvalue weighted by Crippen LogP contribution is -2.38. The van der Waals surface area contributed by atoms with Crippen LogP contribution in [0.25, 0.3) is 0 Å². The Balaban J connectivity index is 2.06. The number of nitrogens with zero attached hydrogens (tertiary/aromatic N) is 2. The molecule has 0 atom stereocenters. The fourth-order valence-corrected chi connectivity index (χ4v) is 3.20. The maximum Gasteiger partial charge on any atom is 0.173 e. The summed E-state index contributed by atoms with van der Waals surface area (Å²) >= 11 is 13.5. The third-order valence-corrected chi connectivity index (χ3v) is 5.09. The van der Waals surface area contributed by atoms with E-state index < -0.39 is 0 Å². The Kier molecular flexibility index (Phi) is 6.84. The van der Waals surface area contributed by atoms with E-state index in [4.69, 9.17) is 23.8 Å². The Morgan fingerprint density at radius 3 is 2.65 bits per heavy atom. The number of likely N-dealkylation sites (N-methyl/N-ethyl adjacent to an activating group) is 1. The van der Waals surface area contributed by atoms with Crippen molar-refractivity contribution in [2.45, 2.75) is 13.5 Å². The molecule has 1 heterocycles. The number of aryl methyl sites for hydroxylation is 1. The summed E-state index contributed by atoms with van der Waals surface area (Å²) in [6, 6.07) is 10.1. The van der Waals surface area contributed by atoms with Gasteiger partial charge in [-0.2, -0.15) is 0 Å². The molecule has 0 radical (unpaired) electrons. The van der Waals surface area contributed by atoms with Crippen molar-refractivity contribution in [2.75, 3.05) is 32.5 Å². The smallest absolute Gasteiger partial charge is 0.173 e. The standard InChI is InChI=1S/C17H22ClN3S2/c1-13-11-14(6-7-16(13)18)19-17(22)21(9-8-20(2)3)12-15-5-4-10-23-15/h4-7,10-11H,8-9,12H2,1-3H3,(H,19,22). The molecule has 0 fully saturated rings. The first kappa shape index (κ1) is 18.2. The number of hydrogen-bond donors (Lipinski definition) is 1. The number of halogens is 1. The van der Waals surface area contributed by atoms with Crippen LogP contribution in [0.15, 0.2) is 35.7 Å². The minimum absolute atomic E-state index is 0.738. The van der Waals surface area contributed by atoms with Gasteiger partial charge in [-0.1, -0.05) is 17.7 Å². The molecule has 0 aliphatic heterocycles. The van der Waals surface area contributed by atoms with Crippen LogP contribution in [-0.2, 0) is 6.54 Å². The lowest BCUT2D eigenvalue weighted by atomic mass is 10.2. The van der Waals surface area contributed by atoms with Gasteiger partial charge in [0.05, 0.1) is 6.54 Å². The first-order valence-corrected chi connectivity index (χ1v) is 9.11. The van der Waals surface area contributed by atoms with Gasteiger partial charge in [0.2, 0.25) is 0 Å². The van der Waals surface area contributed by atoms with E-state index in [2.05, 4.69) is 46.7 Å². The van der Waals surface area contributed by atoms with E-state index in [1.54, 1.807) is 11.3 Å². The molecule has 1 aromatic carbocycles. The van der Waals surface area contributed by atoms with Crippen molar-refractivity contribution < 1.29 is 0 Å². The summed E-state index contributed by atoms with van der Waals surface area (Å²) in [5, 5.41) is 6.93. The zero-order valence-corrected chi connectivity index (χ0v) is 16.1. The highest BCUT2D eigenvalue weighted by Crippen LogP contribution is 2.20. The van der Waals surface area contributed by atoms with Gasteiger partial charge in [0.25, 0.3) is 0 Å². The average molecular weight is 368 g/mol. The molecule has 0 bridgehead atoms. The van der Waals surface area contributed by atoms with Crippen LogP contribution in [-0.4, -0.2) is 42.1 Å². The maximum absolute atomic E-state index is 6.08. The Bertz CT molecular complexity index is 641. The predicted octanol–water partition coefficient (Wildman–Crippen LogP) is 4.47. The summed E-state index contributed by atoms with van der Waals surface area (Å²) in [7, 11) is 4.14. The van der Waals surface area contributed by atoms with Gasteiger partial charge in [-0.15, -0.1) is 11.3 Å². The molecule has 6 heteroatoms. The highest BCUT2D eigenvalue weighted by molar-refractivity contribution is 7.80. The molecule has 3 nitrogen and oxygen atoms in total. The lowest BCUT2D eigenvalue weighted by molar-refractivity contribution is 0.329. The quantitative estimate of drug-likeness (QED) is 0.759. The Hall–Kier alpha value is -1.14. The average Bonchev–Trinajstić information content (AvgIpc) is 3.00. The third-order valence-electron chi connectivity index (χ3n) is 3.44. The van der Waals surface area contributed by atoms with Crippen LogP contribution in [0, 0.1) is 6.92 Å².